The Morgan fingerprint density at radius 1 is 1.11 bits per heavy atom. The highest BCUT2D eigenvalue weighted by Gasteiger charge is 2.50. The number of halogens is 1. The molecule has 1 amide bonds. The normalized spacial score (nSPS) is 18.9. The van der Waals surface area contributed by atoms with Crippen LogP contribution < -0.4 is 5.32 Å². The molecule has 1 unspecified atom stereocenters. The van der Waals surface area contributed by atoms with Crippen molar-refractivity contribution in [2.45, 2.75) is 19.4 Å². The molecule has 6 nitrogen and oxygen atoms in total. The predicted molar refractivity (Wildman–Crippen MR) is 97.6 cm³/mol. The number of Topliss-reactive ketones (excluding diaryl/α,β-unsaturated/α-hetero) is 1. The van der Waals surface area contributed by atoms with Gasteiger partial charge in [-0.3, -0.25) is 19.7 Å². The van der Waals surface area contributed by atoms with Crippen LogP contribution in [0.1, 0.15) is 29.8 Å². The van der Waals surface area contributed by atoms with E-state index in [2.05, 4.69) is 5.32 Å². The van der Waals surface area contributed by atoms with Crippen molar-refractivity contribution in [3.05, 3.63) is 82.4 Å². The predicted octanol–water partition coefficient (Wildman–Crippen LogP) is 3.32. The lowest BCUT2D eigenvalue weighted by Crippen LogP contribution is -2.32. The van der Waals surface area contributed by atoms with Crippen molar-refractivity contribution < 1.29 is 23.9 Å². The Balaban J connectivity index is 1.96. The summed E-state index contributed by atoms with van der Waals surface area (Å²) >= 11 is 6.02. The van der Waals surface area contributed by atoms with Crippen molar-refractivity contribution in [3.63, 3.8) is 0 Å². The topological polar surface area (TPSA) is 81.7 Å². The van der Waals surface area contributed by atoms with Crippen LogP contribution in [0.15, 0.2) is 66.2 Å². The highest BCUT2D eigenvalue weighted by Crippen LogP contribution is 2.39. The van der Waals surface area contributed by atoms with E-state index in [0.29, 0.717) is 16.1 Å². The number of rotatable bonds is 4. The van der Waals surface area contributed by atoms with Gasteiger partial charge in [-0.05, 0) is 31.2 Å². The van der Waals surface area contributed by atoms with Crippen molar-refractivity contribution in [1.82, 2.24) is 5.32 Å². The van der Waals surface area contributed by atoms with E-state index in [0.717, 1.165) is 6.92 Å². The molecule has 0 aromatic heterocycles. The Bertz CT molecular complexity index is 954. The SMILES string of the molecule is CC(=O)OC1=C(NC(=O)c2ccccc2)OC(C)(c2cccc(Cl)c2)C1=O. The molecule has 1 aliphatic heterocycles. The lowest BCUT2D eigenvalue weighted by atomic mass is 9.92. The third-order valence-corrected chi connectivity index (χ3v) is 4.27. The van der Waals surface area contributed by atoms with Gasteiger partial charge in [0, 0.05) is 23.1 Å². The first-order valence-electron chi connectivity index (χ1n) is 8.10. The van der Waals surface area contributed by atoms with Crippen LogP contribution in [0.25, 0.3) is 0 Å². The molecule has 138 valence electrons. The molecule has 2 aromatic carbocycles. The monoisotopic (exact) mass is 385 g/mol. The number of ether oxygens (including phenoxy) is 2. The molecule has 0 saturated heterocycles. The van der Waals surface area contributed by atoms with Gasteiger partial charge in [0.05, 0.1) is 0 Å². The van der Waals surface area contributed by atoms with E-state index in [4.69, 9.17) is 21.1 Å². The van der Waals surface area contributed by atoms with Crippen molar-refractivity contribution in [1.29, 1.82) is 0 Å². The van der Waals surface area contributed by atoms with Crippen LogP contribution in [0.5, 0.6) is 0 Å². The third-order valence-electron chi connectivity index (χ3n) is 4.04. The number of carbonyl (C=O) groups excluding carboxylic acids is 3. The van der Waals surface area contributed by atoms with Crippen LogP contribution in [-0.4, -0.2) is 17.7 Å². The van der Waals surface area contributed by atoms with Crippen molar-refractivity contribution in [2.24, 2.45) is 0 Å². The van der Waals surface area contributed by atoms with Gasteiger partial charge in [0.15, 0.2) is 5.60 Å². The molecule has 1 heterocycles. The molecule has 27 heavy (non-hydrogen) atoms. The van der Waals surface area contributed by atoms with Crippen LogP contribution in [-0.2, 0) is 24.7 Å². The average molecular weight is 386 g/mol. The van der Waals surface area contributed by atoms with E-state index in [-0.39, 0.29) is 11.6 Å². The number of hydrogen-bond acceptors (Lipinski definition) is 5. The Kier molecular flexibility index (Phi) is 5.01. The lowest BCUT2D eigenvalue weighted by Gasteiger charge is -2.23. The Labute approximate surface area is 160 Å². The quantitative estimate of drug-likeness (QED) is 0.816. The van der Waals surface area contributed by atoms with Gasteiger partial charge in [0.1, 0.15) is 0 Å². The Morgan fingerprint density at radius 3 is 2.44 bits per heavy atom. The van der Waals surface area contributed by atoms with Gasteiger partial charge in [0.25, 0.3) is 11.7 Å². The number of amides is 1. The highest BCUT2D eigenvalue weighted by molar-refractivity contribution is 6.30. The molecule has 0 fully saturated rings. The number of carbonyl (C=O) groups is 3. The fourth-order valence-electron chi connectivity index (χ4n) is 2.68. The van der Waals surface area contributed by atoms with E-state index in [1.165, 1.54) is 6.92 Å². The minimum atomic E-state index is -1.49. The second kappa shape index (κ2) is 7.25. The molecule has 0 radical (unpaired) electrons. The van der Waals surface area contributed by atoms with Gasteiger partial charge in [-0.25, -0.2) is 0 Å². The number of benzene rings is 2. The van der Waals surface area contributed by atoms with Crippen LogP contribution >= 0.6 is 11.6 Å². The molecule has 0 bridgehead atoms. The molecule has 0 saturated carbocycles. The summed E-state index contributed by atoms with van der Waals surface area (Å²) in [5.41, 5.74) is -0.664. The summed E-state index contributed by atoms with van der Waals surface area (Å²) < 4.78 is 10.8. The minimum absolute atomic E-state index is 0.216. The second-order valence-electron chi connectivity index (χ2n) is 6.05. The first-order valence-corrected chi connectivity index (χ1v) is 8.48. The van der Waals surface area contributed by atoms with E-state index in [1.807, 2.05) is 0 Å². The molecular formula is C20H16ClNO5. The maximum atomic E-state index is 12.9. The van der Waals surface area contributed by atoms with Crippen LogP contribution in [0, 0.1) is 0 Å². The van der Waals surface area contributed by atoms with Crippen molar-refractivity contribution >= 4 is 29.3 Å². The molecule has 2 aromatic rings. The maximum Gasteiger partial charge on any atom is 0.308 e. The zero-order valence-electron chi connectivity index (χ0n) is 14.6. The highest BCUT2D eigenvalue weighted by atomic mass is 35.5. The van der Waals surface area contributed by atoms with Gasteiger partial charge in [-0.15, -0.1) is 0 Å². The van der Waals surface area contributed by atoms with Crippen LogP contribution in [0.2, 0.25) is 5.02 Å². The van der Waals surface area contributed by atoms with E-state index >= 15 is 0 Å². The van der Waals surface area contributed by atoms with E-state index < -0.39 is 23.3 Å². The molecule has 3 rings (SSSR count). The van der Waals surface area contributed by atoms with Crippen LogP contribution in [0.4, 0.5) is 0 Å². The van der Waals surface area contributed by atoms with Crippen LogP contribution in [0.3, 0.4) is 0 Å². The number of esters is 1. The first kappa shape index (κ1) is 18.7. The minimum Gasteiger partial charge on any atom is -0.456 e. The summed E-state index contributed by atoms with van der Waals surface area (Å²) in [5, 5.41) is 2.93. The molecule has 1 atom stereocenters. The molecule has 1 N–H and O–H groups in total. The fourth-order valence-corrected chi connectivity index (χ4v) is 2.87. The summed E-state index contributed by atoms with van der Waals surface area (Å²) in [4.78, 5) is 36.8. The lowest BCUT2D eigenvalue weighted by molar-refractivity contribution is -0.142. The first-order chi connectivity index (χ1) is 12.8. The number of ketones is 1. The third kappa shape index (κ3) is 3.71. The second-order valence-corrected chi connectivity index (χ2v) is 6.48. The molecular weight excluding hydrogens is 370 g/mol. The molecule has 0 spiro atoms. The van der Waals surface area contributed by atoms with Gasteiger partial charge in [-0.1, -0.05) is 41.9 Å². The fraction of sp³-hybridized carbons (Fsp3) is 0.150. The number of hydrogen-bond donors (Lipinski definition) is 1. The van der Waals surface area contributed by atoms with Gasteiger partial charge >= 0.3 is 5.97 Å². The Morgan fingerprint density at radius 2 is 1.81 bits per heavy atom. The summed E-state index contributed by atoms with van der Waals surface area (Å²) in [6.07, 6.45) is 0. The zero-order valence-corrected chi connectivity index (χ0v) is 15.4. The maximum absolute atomic E-state index is 12.9. The number of nitrogens with one attached hydrogen (secondary N) is 1. The van der Waals surface area contributed by atoms with Gasteiger partial charge < -0.3 is 9.47 Å². The van der Waals surface area contributed by atoms with E-state index in [9.17, 15) is 14.4 Å². The zero-order chi connectivity index (χ0) is 19.6. The Hall–Kier alpha value is -3.12. The van der Waals surface area contributed by atoms with Crippen molar-refractivity contribution in [2.75, 3.05) is 0 Å². The van der Waals surface area contributed by atoms with Gasteiger partial charge in [-0.2, -0.15) is 0 Å². The summed E-state index contributed by atoms with van der Waals surface area (Å²) in [6.45, 7) is 2.68. The molecule has 1 aliphatic rings. The summed E-state index contributed by atoms with van der Waals surface area (Å²) in [5.74, 6) is -2.37. The van der Waals surface area contributed by atoms with E-state index in [1.54, 1.807) is 54.6 Å². The molecule has 0 aliphatic carbocycles. The standard InChI is InChI=1S/C20H16ClNO5/c1-12(23)26-16-17(24)20(2,14-9-6-10-15(21)11-14)27-19(16)22-18(25)13-7-4-3-5-8-13/h3-11H,1-2H3,(H,22,25). The summed E-state index contributed by atoms with van der Waals surface area (Å²) in [7, 11) is 0. The van der Waals surface area contributed by atoms with Crippen molar-refractivity contribution in [3.8, 4) is 0 Å². The largest absolute Gasteiger partial charge is 0.456 e. The smallest absolute Gasteiger partial charge is 0.308 e. The van der Waals surface area contributed by atoms with Gasteiger partial charge in [0.2, 0.25) is 11.6 Å². The average Bonchev–Trinajstić information content (AvgIpc) is 2.87. The molecule has 7 heteroatoms. The summed E-state index contributed by atoms with van der Waals surface area (Å²) in [6, 6.07) is 15.0.